The Morgan fingerprint density at radius 2 is 2.04 bits per heavy atom. The number of nitrogens with zero attached hydrogens (tertiary/aromatic N) is 5. The van der Waals surface area contributed by atoms with Gasteiger partial charge in [0.15, 0.2) is 5.82 Å². The topological polar surface area (TPSA) is 81.1 Å². The van der Waals surface area contributed by atoms with Crippen molar-refractivity contribution in [3.05, 3.63) is 46.9 Å². The molecule has 8 heteroatoms. The normalized spacial score (nSPS) is 10.9. The lowest BCUT2D eigenvalue weighted by molar-refractivity contribution is -0.116. The van der Waals surface area contributed by atoms with Crippen molar-refractivity contribution in [3.63, 3.8) is 0 Å². The monoisotopic (exact) mass is 397 g/mol. The first-order valence-electron chi connectivity index (χ1n) is 8.99. The predicted molar refractivity (Wildman–Crippen MR) is 110 cm³/mol. The van der Waals surface area contributed by atoms with Crippen LogP contribution in [0.2, 0.25) is 0 Å². The number of aryl methyl sites for hydroxylation is 1. The van der Waals surface area contributed by atoms with Crippen molar-refractivity contribution in [2.24, 2.45) is 0 Å². The largest absolute Gasteiger partial charge is 0.489 e. The summed E-state index contributed by atoms with van der Waals surface area (Å²) in [5, 5.41) is 0.863. The van der Waals surface area contributed by atoms with Gasteiger partial charge in [-0.25, -0.2) is 9.97 Å². The Bertz CT molecular complexity index is 969. The maximum Gasteiger partial charge on any atom is 0.223 e. The zero-order valence-corrected chi connectivity index (χ0v) is 17.4. The van der Waals surface area contributed by atoms with Crippen LogP contribution in [0.5, 0.6) is 5.75 Å². The van der Waals surface area contributed by atoms with E-state index >= 15 is 0 Å². The molecule has 3 aromatic rings. The van der Waals surface area contributed by atoms with Crippen LogP contribution in [-0.2, 0) is 11.2 Å². The minimum absolute atomic E-state index is 0.0278. The molecule has 28 heavy (non-hydrogen) atoms. The number of carbonyl (C=O) groups is 1. The van der Waals surface area contributed by atoms with E-state index in [9.17, 15) is 4.79 Å². The molecular formula is C20H23N5O2S. The van der Waals surface area contributed by atoms with Gasteiger partial charge >= 0.3 is 0 Å². The van der Waals surface area contributed by atoms with Gasteiger partial charge in [-0.05, 0) is 56.1 Å². The smallest absolute Gasteiger partial charge is 0.223 e. The molecule has 0 atom stereocenters. The predicted octanol–water partition coefficient (Wildman–Crippen LogP) is 3.66. The molecule has 0 spiro atoms. The molecule has 0 aliphatic heterocycles. The summed E-state index contributed by atoms with van der Waals surface area (Å²) in [4.78, 5) is 26.6. The van der Waals surface area contributed by atoms with Crippen molar-refractivity contribution in [2.75, 3.05) is 11.9 Å². The minimum Gasteiger partial charge on any atom is -0.489 e. The Morgan fingerprint density at radius 3 is 2.64 bits per heavy atom. The average Bonchev–Trinajstić information content (AvgIpc) is 3.11. The van der Waals surface area contributed by atoms with Crippen LogP contribution in [-0.4, -0.2) is 38.4 Å². The van der Waals surface area contributed by atoms with Crippen molar-refractivity contribution in [1.29, 1.82) is 0 Å². The molecule has 0 saturated carbocycles. The molecule has 3 rings (SSSR count). The third kappa shape index (κ3) is 4.69. The highest BCUT2D eigenvalue weighted by molar-refractivity contribution is 7.05. The SMILES string of the molecule is CC(=O)N(C)c1cnc(Cc2nc(-c3ccc(OC(C)C)cn3)ns2)c(C)c1. The van der Waals surface area contributed by atoms with Gasteiger partial charge in [0.2, 0.25) is 5.91 Å². The van der Waals surface area contributed by atoms with E-state index in [4.69, 9.17) is 4.74 Å². The van der Waals surface area contributed by atoms with Gasteiger partial charge in [-0.1, -0.05) is 0 Å². The van der Waals surface area contributed by atoms with E-state index in [-0.39, 0.29) is 12.0 Å². The molecule has 3 aromatic heterocycles. The summed E-state index contributed by atoms with van der Waals surface area (Å²) >= 11 is 1.34. The second kappa shape index (κ2) is 8.43. The van der Waals surface area contributed by atoms with Gasteiger partial charge in [0.25, 0.3) is 0 Å². The maximum atomic E-state index is 11.5. The zero-order chi connectivity index (χ0) is 20.3. The summed E-state index contributed by atoms with van der Waals surface area (Å²) in [7, 11) is 1.74. The summed E-state index contributed by atoms with van der Waals surface area (Å²) in [6, 6.07) is 5.69. The molecule has 1 amide bonds. The number of ether oxygens (including phenoxy) is 1. The van der Waals surface area contributed by atoms with E-state index in [0.717, 1.165) is 27.7 Å². The Morgan fingerprint density at radius 1 is 1.25 bits per heavy atom. The molecule has 0 aromatic carbocycles. The van der Waals surface area contributed by atoms with Crippen LogP contribution in [0.1, 0.15) is 37.0 Å². The van der Waals surface area contributed by atoms with Crippen LogP contribution in [0.3, 0.4) is 0 Å². The molecule has 7 nitrogen and oxygen atoms in total. The number of pyridine rings is 2. The Balaban J connectivity index is 1.73. The molecule has 0 N–H and O–H groups in total. The number of anilines is 1. The van der Waals surface area contributed by atoms with Gasteiger partial charge in [-0.3, -0.25) is 9.78 Å². The van der Waals surface area contributed by atoms with E-state index in [1.807, 2.05) is 39.0 Å². The first-order valence-corrected chi connectivity index (χ1v) is 9.76. The third-order valence-corrected chi connectivity index (χ3v) is 4.87. The van der Waals surface area contributed by atoms with Crippen molar-refractivity contribution < 1.29 is 9.53 Å². The minimum atomic E-state index is -0.0278. The highest BCUT2D eigenvalue weighted by Crippen LogP contribution is 2.22. The van der Waals surface area contributed by atoms with Crippen molar-refractivity contribution in [1.82, 2.24) is 19.3 Å². The molecule has 0 unspecified atom stereocenters. The second-order valence-electron chi connectivity index (χ2n) is 6.77. The highest BCUT2D eigenvalue weighted by atomic mass is 32.1. The zero-order valence-electron chi connectivity index (χ0n) is 16.6. The molecule has 0 bridgehead atoms. The first kappa shape index (κ1) is 19.9. The van der Waals surface area contributed by atoms with E-state index in [0.29, 0.717) is 17.9 Å². The van der Waals surface area contributed by atoms with Crippen molar-refractivity contribution in [2.45, 2.75) is 40.2 Å². The summed E-state index contributed by atoms with van der Waals surface area (Å²) in [5.74, 6) is 1.30. The summed E-state index contributed by atoms with van der Waals surface area (Å²) in [5.41, 5.74) is 3.41. The molecule has 0 radical (unpaired) electrons. The number of carbonyl (C=O) groups excluding carboxylic acids is 1. The Hall–Kier alpha value is -2.87. The number of rotatable bonds is 6. The summed E-state index contributed by atoms with van der Waals surface area (Å²) in [6.45, 7) is 7.46. The first-order chi connectivity index (χ1) is 13.3. The molecule has 0 aliphatic carbocycles. The maximum absolute atomic E-state index is 11.5. The summed E-state index contributed by atoms with van der Waals surface area (Å²) in [6.07, 6.45) is 4.09. The van der Waals surface area contributed by atoms with Gasteiger partial charge in [0.05, 0.1) is 29.9 Å². The van der Waals surface area contributed by atoms with Crippen LogP contribution in [0, 0.1) is 6.92 Å². The van der Waals surface area contributed by atoms with Gasteiger partial charge in [-0.15, -0.1) is 0 Å². The lowest BCUT2D eigenvalue weighted by Gasteiger charge is -2.16. The second-order valence-corrected chi connectivity index (χ2v) is 7.61. The lowest BCUT2D eigenvalue weighted by Crippen LogP contribution is -2.23. The van der Waals surface area contributed by atoms with Crippen LogP contribution in [0.25, 0.3) is 11.5 Å². The average molecular weight is 398 g/mol. The number of hydrogen-bond acceptors (Lipinski definition) is 7. The molecule has 3 heterocycles. The van der Waals surface area contributed by atoms with Crippen LogP contribution < -0.4 is 9.64 Å². The standard InChI is InChI=1S/C20H23N5O2S/c1-12(2)27-16-6-7-17(22-11-16)20-23-19(28-24-20)9-18-13(3)8-15(10-21-18)25(5)14(4)26/h6-8,10-12H,9H2,1-5H3. The molecule has 146 valence electrons. The number of aromatic nitrogens is 4. The van der Waals surface area contributed by atoms with E-state index in [1.54, 1.807) is 24.3 Å². The fourth-order valence-electron chi connectivity index (χ4n) is 2.57. The number of hydrogen-bond donors (Lipinski definition) is 0. The highest BCUT2D eigenvalue weighted by Gasteiger charge is 2.13. The van der Waals surface area contributed by atoms with Gasteiger partial charge < -0.3 is 9.64 Å². The molecular weight excluding hydrogens is 374 g/mol. The lowest BCUT2D eigenvalue weighted by atomic mass is 10.1. The Kier molecular flexibility index (Phi) is 5.99. The fraction of sp³-hybridized carbons (Fsp3) is 0.350. The third-order valence-electron chi connectivity index (χ3n) is 4.16. The Labute approximate surface area is 168 Å². The fourth-order valence-corrected chi connectivity index (χ4v) is 3.22. The van der Waals surface area contributed by atoms with Crippen molar-refractivity contribution in [3.8, 4) is 17.3 Å². The van der Waals surface area contributed by atoms with E-state index in [1.165, 1.54) is 18.5 Å². The number of amides is 1. The van der Waals surface area contributed by atoms with Gasteiger partial charge in [-0.2, -0.15) is 4.37 Å². The van der Waals surface area contributed by atoms with Crippen LogP contribution in [0.15, 0.2) is 30.6 Å². The van der Waals surface area contributed by atoms with E-state index < -0.39 is 0 Å². The van der Waals surface area contributed by atoms with E-state index in [2.05, 4.69) is 19.3 Å². The quantitative estimate of drug-likeness (QED) is 0.631. The molecule has 0 saturated heterocycles. The van der Waals surface area contributed by atoms with Crippen LogP contribution in [0.4, 0.5) is 5.69 Å². The van der Waals surface area contributed by atoms with Crippen LogP contribution >= 0.6 is 11.5 Å². The summed E-state index contributed by atoms with van der Waals surface area (Å²) < 4.78 is 10.0. The molecule has 0 aliphatic rings. The molecule has 0 fully saturated rings. The van der Waals surface area contributed by atoms with Crippen molar-refractivity contribution >= 4 is 23.1 Å². The van der Waals surface area contributed by atoms with Gasteiger partial charge in [0.1, 0.15) is 16.5 Å². The van der Waals surface area contributed by atoms with Gasteiger partial charge in [0, 0.05) is 20.4 Å².